The van der Waals surface area contributed by atoms with Gasteiger partial charge in [0.25, 0.3) is 0 Å². The summed E-state index contributed by atoms with van der Waals surface area (Å²) in [5, 5.41) is 4.34. The van der Waals surface area contributed by atoms with E-state index in [1.807, 2.05) is 6.07 Å². The van der Waals surface area contributed by atoms with E-state index in [0.29, 0.717) is 15.9 Å². The summed E-state index contributed by atoms with van der Waals surface area (Å²) in [5.74, 6) is 1.46. The van der Waals surface area contributed by atoms with Gasteiger partial charge in [0.15, 0.2) is 5.82 Å². The minimum atomic E-state index is 0.502. The van der Waals surface area contributed by atoms with E-state index in [1.54, 1.807) is 12.1 Å². The summed E-state index contributed by atoms with van der Waals surface area (Å²) >= 11 is 15.6. The molecule has 6 heteroatoms. The van der Waals surface area contributed by atoms with Crippen molar-refractivity contribution in [2.45, 2.75) is 26.7 Å². The molecule has 1 aromatic carbocycles. The van der Waals surface area contributed by atoms with Crippen molar-refractivity contribution < 1.29 is 0 Å². The number of rotatable bonds is 5. The smallest absolute Gasteiger partial charge is 0.161 e. The Morgan fingerprint density at radius 3 is 2.52 bits per heavy atom. The van der Waals surface area contributed by atoms with Crippen molar-refractivity contribution in [2.24, 2.45) is 0 Å². The molecule has 112 valence electrons. The Morgan fingerprint density at radius 2 is 1.90 bits per heavy atom. The van der Waals surface area contributed by atoms with Gasteiger partial charge < -0.3 is 5.32 Å². The molecule has 3 nitrogen and oxygen atoms in total. The number of aryl methyl sites for hydroxylation is 1. The zero-order chi connectivity index (χ0) is 15.4. The lowest BCUT2D eigenvalue weighted by molar-refractivity contribution is 0.944. The second-order valence-electron chi connectivity index (χ2n) is 4.57. The van der Waals surface area contributed by atoms with Crippen LogP contribution in [0, 0.1) is 0 Å². The maximum atomic E-state index is 6.08. The molecule has 0 saturated carbocycles. The van der Waals surface area contributed by atoms with Crippen molar-refractivity contribution in [1.82, 2.24) is 9.97 Å². The molecule has 1 heterocycles. The number of nitrogens with zero attached hydrogens (tertiary/aromatic N) is 2. The third-order valence-electron chi connectivity index (χ3n) is 2.97. The summed E-state index contributed by atoms with van der Waals surface area (Å²) in [6, 6.07) is 5.42. The number of aromatic nitrogens is 2. The van der Waals surface area contributed by atoms with Crippen molar-refractivity contribution in [3.8, 4) is 11.4 Å². The molecule has 0 spiro atoms. The van der Waals surface area contributed by atoms with Gasteiger partial charge in [-0.3, -0.25) is 0 Å². The van der Waals surface area contributed by atoms with Gasteiger partial charge in [0.1, 0.15) is 5.82 Å². The summed E-state index contributed by atoms with van der Waals surface area (Å²) in [6.07, 6.45) is 1.85. The first-order chi connectivity index (χ1) is 10.1. The van der Waals surface area contributed by atoms with Gasteiger partial charge in [0, 0.05) is 12.1 Å². The minimum Gasteiger partial charge on any atom is -0.369 e. The van der Waals surface area contributed by atoms with Crippen LogP contribution in [0.1, 0.15) is 26.0 Å². The normalized spacial score (nSPS) is 10.7. The number of anilines is 1. The van der Waals surface area contributed by atoms with Gasteiger partial charge in [-0.25, -0.2) is 9.97 Å². The minimum absolute atomic E-state index is 0.502. The lowest BCUT2D eigenvalue weighted by Gasteiger charge is -2.12. The average molecular weight is 389 g/mol. The fourth-order valence-corrected chi connectivity index (χ4v) is 2.75. The largest absolute Gasteiger partial charge is 0.369 e. The second-order valence-corrected chi connectivity index (χ2v) is 6.17. The molecular formula is C15H16BrCl2N3. The number of hydrogen-bond acceptors (Lipinski definition) is 3. The van der Waals surface area contributed by atoms with E-state index in [1.165, 1.54) is 0 Å². The molecule has 0 atom stereocenters. The number of nitrogens with one attached hydrogen (secondary N) is 1. The van der Waals surface area contributed by atoms with E-state index in [2.05, 4.69) is 45.1 Å². The fourth-order valence-electron chi connectivity index (χ4n) is 1.85. The van der Waals surface area contributed by atoms with Crippen LogP contribution < -0.4 is 5.32 Å². The molecule has 1 N–H and O–H groups in total. The number of benzene rings is 1. The second kappa shape index (κ2) is 7.43. The Bertz CT molecular complexity index is 647. The lowest BCUT2D eigenvalue weighted by atomic mass is 10.2. The number of hydrogen-bond donors (Lipinski definition) is 1. The maximum Gasteiger partial charge on any atom is 0.161 e. The van der Waals surface area contributed by atoms with E-state index in [9.17, 15) is 0 Å². The van der Waals surface area contributed by atoms with E-state index >= 15 is 0 Å². The first kappa shape index (κ1) is 16.5. The van der Waals surface area contributed by atoms with Crippen LogP contribution in [-0.2, 0) is 6.42 Å². The third-order valence-corrected chi connectivity index (χ3v) is 4.55. The molecule has 0 bridgehead atoms. The standard InChI is InChI=1S/C15H16BrCl2N3/c1-3-7-19-15-13(16)12(4-2)20-14(21-15)9-5-6-10(17)11(18)8-9/h5-6,8H,3-4,7H2,1-2H3,(H,19,20,21). The fraction of sp³-hybridized carbons (Fsp3) is 0.333. The summed E-state index contributed by atoms with van der Waals surface area (Å²) in [6.45, 7) is 5.04. The van der Waals surface area contributed by atoms with Gasteiger partial charge >= 0.3 is 0 Å². The average Bonchev–Trinajstić information content (AvgIpc) is 2.49. The van der Waals surface area contributed by atoms with Crippen LogP contribution in [0.25, 0.3) is 11.4 Å². The predicted molar refractivity (Wildman–Crippen MR) is 93.3 cm³/mol. The molecule has 0 fully saturated rings. The first-order valence-electron chi connectivity index (χ1n) is 6.82. The van der Waals surface area contributed by atoms with Gasteiger partial charge in [-0.2, -0.15) is 0 Å². The van der Waals surface area contributed by atoms with Gasteiger partial charge in [-0.05, 0) is 47.0 Å². The Balaban J connectivity index is 2.49. The van der Waals surface area contributed by atoms with Crippen molar-refractivity contribution in [1.29, 1.82) is 0 Å². The topological polar surface area (TPSA) is 37.8 Å². The maximum absolute atomic E-state index is 6.08. The van der Waals surface area contributed by atoms with Crippen LogP contribution in [0.5, 0.6) is 0 Å². The van der Waals surface area contributed by atoms with Crippen LogP contribution >= 0.6 is 39.1 Å². The highest BCUT2D eigenvalue weighted by molar-refractivity contribution is 9.10. The summed E-state index contributed by atoms with van der Waals surface area (Å²) in [5.41, 5.74) is 1.82. The molecule has 0 aliphatic rings. The van der Waals surface area contributed by atoms with Gasteiger partial charge in [-0.1, -0.05) is 37.0 Å². The summed E-state index contributed by atoms with van der Waals surface area (Å²) in [4.78, 5) is 9.19. The summed E-state index contributed by atoms with van der Waals surface area (Å²) in [7, 11) is 0. The molecule has 0 aliphatic heterocycles. The Morgan fingerprint density at radius 1 is 1.14 bits per heavy atom. The Labute approximate surface area is 143 Å². The highest BCUT2D eigenvalue weighted by Gasteiger charge is 2.13. The molecule has 0 aliphatic carbocycles. The van der Waals surface area contributed by atoms with E-state index in [0.717, 1.165) is 40.9 Å². The molecular weight excluding hydrogens is 373 g/mol. The van der Waals surface area contributed by atoms with Crippen molar-refractivity contribution in [3.05, 3.63) is 38.4 Å². The molecule has 2 aromatic rings. The van der Waals surface area contributed by atoms with Crippen molar-refractivity contribution in [3.63, 3.8) is 0 Å². The van der Waals surface area contributed by atoms with E-state index in [4.69, 9.17) is 23.2 Å². The van der Waals surface area contributed by atoms with Crippen LogP contribution in [-0.4, -0.2) is 16.5 Å². The molecule has 1 aromatic heterocycles. The predicted octanol–water partition coefficient (Wildman–Crippen LogP) is 5.60. The number of halogens is 3. The zero-order valence-electron chi connectivity index (χ0n) is 11.9. The van der Waals surface area contributed by atoms with E-state index in [-0.39, 0.29) is 0 Å². The lowest BCUT2D eigenvalue weighted by Crippen LogP contribution is -2.07. The van der Waals surface area contributed by atoms with Gasteiger partial charge in [0.05, 0.1) is 20.2 Å². The Hall–Kier alpha value is -0.840. The highest BCUT2D eigenvalue weighted by Crippen LogP contribution is 2.30. The van der Waals surface area contributed by atoms with Crippen molar-refractivity contribution in [2.75, 3.05) is 11.9 Å². The molecule has 0 radical (unpaired) electrons. The van der Waals surface area contributed by atoms with Gasteiger partial charge in [-0.15, -0.1) is 0 Å². The quantitative estimate of drug-likeness (QED) is 0.724. The van der Waals surface area contributed by atoms with Gasteiger partial charge in [0.2, 0.25) is 0 Å². The van der Waals surface area contributed by atoms with E-state index < -0.39 is 0 Å². The van der Waals surface area contributed by atoms with Crippen LogP contribution in [0.3, 0.4) is 0 Å². The van der Waals surface area contributed by atoms with Crippen molar-refractivity contribution >= 4 is 44.9 Å². The summed E-state index contributed by atoms with van der Waals surface area (Å²) < 4.78 is 0.919. The Kier molecular flexibility index (Phi) is 5.85. The van der Waals surface area contributed by atoms with Crippen LogP contribution in [0.15, 0.2) is 22.7 Å². The third kappa shape index (κ3) is 3.87. The monoisotopic (exact) mass is 387 g/mol. The molecule has 0 saturated heterocycles. The SMILES string of the molecule is CCCNc1nc(-c2ccc(Cl)c(Cl)c2)nc(CC)c1Br. The molecule has 2 rings (SSSR count). The zero-order valence-corrected chi connectivity index (χ0v) is 15.0. The first-order valence-corrected chi connectivity index (χ1v) is 8.37. The highest BCUT2D eigenvalue weighted by atomic mass is 79.9. The van der Waals surface area contributed by atoms with Crippen LogP contribution in [0.4, 0.5) is 5.82 Å². The molecule has 0 unspecified atom stereocenters. The molecule has 0 amide bonds. The molecule has 21 heavy (non-hydrogen) atoms. The van der Waals surface area contributed by atoms with Crippen LogP contribution in [0.2, 0.25) is 10.0 Å².